The smallest absolute Gasteiger partial charge is 0.232 e. The lowest BCUT2D eigenvalue weighted by Crippen LogP contribution is -2.36. The molecule has 1 fully saturated rings. The lowest BCUT2D eigenvalue weighted by Gasteiger charge is -2.28. The Morgan fingerprint density at radius 1 is 1.40 bits per heavy atom. The minimum Gasteiger partial charge on any atom is -0.299 e. The number of ketones is 1. The van der Waals surface area contributed by atoms with E-state index in [0.717, 1.165) is 6.26 Å². The van der Waals surface area contributed by atoms with E-state index in [4.69, 9.17) is 0 Å². The number of carbonyl (C=O) groups is 1. The zero-order valence-corrected chi connectivity index (χ0v) is 12.6. The maximum Gasteiger partial charge on any atom is 0.232 e. The number of allylic oxidation sites excluding steroid dienone is 1. The fraction of sp³-hybridized carbons (Fsp3) is 0.583. The van der Waals surface area contributed by atoms with E-state index in [1.807, 2.05) is 13.8 Å². The molecule has 20 heavy (non-hydrogen) atoms. The molecule has 0 radical (unpaired) electrons. The van der Waals surface area contributed by atoms with Crippen LogP contribution in [-0.4, -0.2) is 46.3 Å². The molecule has 110 valence electrons. The number of carbonyl (C=O) groups excluding carboxylic acids is 1. The van der Waals surface area contributed by atoms with Crippen LogP contribution in [0.15, 0.2) is 11.9 Å². The second-order valence-corrected chi connectivity index (χ2v) is 7.06. The largest absolute Gasteiger partial charge is 0.299 e. The van der Waals surface area contributed by atoms with Crippen molar-refractivity contribution in [2.75, 3.05) is 12.8 Å². The van der Waals surface area contributed by atoms with Crippen molar-refractivity contribution in [3.8, 4) is 0 Å². The zero-order chi connectivity index (χ0) is 14.9. The Hall–Kier alpha value is -1.70. The molecule has 1 aliphatic heterocycles. The Bertz CT molecular complexity index is 645. The lowest BCUT2D eigenvalue weighted by molar-refractivity contribution is -0.119. The number of hydrogen-bond acceptors (Lipinski definition) is 5. The third-order valence-electron chi connectivity index (χ3n) is 3.06. The van der Waals surface area contributed by atoms with Crippen molar-refractivity contribution in [3.63, 3.8) is 0 Å². The molecule has 0 amide bonds. The molecule has 0 unspecified atom stereocenters. The molecular formula is C12H18N4O3S. The molecule has 0 aliphatic carbocycles. The topological polar surface area (TPSA) is 85.2 Å². The molecule has 1 saturated heterocycles. The van der Waals surface area contributed by atoms with Gasteiger partial charge in [0.1, 0.15) is 11.5 Å². The summed E-state index contributed by atoms with van der Waals surface area (Å²) >= 11 is 0. The number of aromatic nitrogens is 3. The Balaban J connectivity index is 2.34. The number of Topliss-reactive ketones (excluding diaryl/α,β-unsaturated/α-hetero) is 1. The second-order valence-electron chi connectivity index (χ2n) is 5.15. The van der Waals surface area contributed by atoms with Crippen LogP contribution in [-0.2, 0) is 14.8 Å². The summed E-state index contributed by atoms with van der Waals surface area (Å²) in [5, 5.41) is 7.93. The minimum absolute atomic E-state index is 0.0346. The van der Waals surface area contributed by atoms with E-state index in [1.165, 1.54) is 4.31 Å². The predicted octanol–water partition coefficient (Wildman–Crippen LogP) is 0.824. The Kier molecular flexibility index (Phi) is 3.94. The van der Waals surface area contributed by atoms with Crippen molar-refractivity contribution < 1.29 is 13.2 Å². The van der Waals surface area contributed by atoms with Gasteiger partial charge in [-0.15, -0.1) is 5.10 Å². The summed E-state index contributed by atoms with van der Waals surface area (Å²) in [6.45, 7) is 4.14. The van der Waals surface area contributed by atoms with Crippen molar-refractivity contribution in [1.82, 2.24) is 19.3 Å². The van der Waals surface area contributed by atoms with E-state index >= 15 is 0 Å². The molecule has 2 heterocycles. The van der Waals surface area contributed by atoms with Crippen LogP contribution in [0.2, 0.25) is 0 Å². The molecule has 7 nitrogen and oxygen atoms in total. The van der Waals surface area contributed by atoms with Crippen LogP contribution in [0.1, 0.15) is 38.4 Å². The number of rotatable bonds is 3. The van der Waals surface area contributed by atoms with E-state index in [1.54, 1.807) is 17.0 Å². The summed E-state index contributed by atoms with van der Waals surface area (Å²) in [4.78, 5) is 11.5. The fourth-order valence-electron chi connectivity index (χ4n) is 2.03. The summed E-state index contributed by atoms with van der Waals surface area (Å²) in [5.74, 6) is 0.0346. The van der Waals surface area contributed by atoms with Gasteiger partial charge in [-0.25, -0.2) is 13.1 Å². The summed E-state index contributed by atoms with van der Waals surface area (Å²) < 4.78 is 26.4. The number of nitrogens with zero attached hydrogens (tertiary/aromatic N) is 4. The molecule has 0 atom stereocenters. The van der Waals surface area contributed by atoms with Crippen LogP contribution in [0.25, 0.3) is 6.08 Å². The van der Waals surface area contributed by atoms with Gasteiger partial charge in [-0.1, -0.05) is 5.21 Å². The first kappa shape index (κ1) is 14.7. The van der Waals surface area contributed by atoms with Crippen LogP contribution in [0, 0.1) is 0 Å². The van der Waals surface area contributed by atoms with Gasteiger partial charge >= 0.3 is 0 Å². The number of sulfonamides is 1. The van der Waals surface area contributed by atoms with Crippen LogP contribution in [0.3, 0.4) is 0 Å². The average molecular weight is 298 g/mol. The molecule has 2 rings (SSSR count). The van der Waals surface area contributed by atoms with Gasteiger partial charge in [0, 0.05) is 31.1 Å². The zero-order valence-electron chi connectivity index (χ0n) is 11.8. The van der Waals surface area contributed by atoms with E-state index in [-0.39, 0.29) is 31.2 Å². The van der Waals surface area contributed by atoms with E-state index in [2.05, 4.69) is 10.3 Å². The highest BCUT2D eigenvalue weighted by Crippen LogP contribution is 2.23. The van der Waals surface area contributed by atoms with Crippen molar-refractivity contribution in [3.05, 3.63) is 17.6 Å². The summed E-state index contributed by atoms with van der Waals surface area (Å²) in [7, 11) is -3.37. The molecule has 8 heteroatoms. The molecule has 0 bridgehead atoms. The summed E-state index contributed by atoms with van der Waals surface area (Å²) in [6.07, 6.45) is 4.85. The molecular weight excluding hydrogens is 280 g/mol. The van der Waals surface area contributed by atoms with Gasteiger partial charge in [0.15, 0.2) is 0 Å². The first-order chi connectivity index (χ1) is 9.27. The lowest BCUT2D eigenvalue weighted by atomic mass is 10.1. The Morgan fingerprint density at radius 2 is 2.10 bits per heavy atom. The average Bonchev–Trinajstić information content (AvgIpc) is 2.76. The van der Waals surface area contributed by atoms with E-state index < -0.39 is 10.0 Å². The van der Waals surface area contributed by atoms with Crippen molar-refractivity contribution in [2.24, 2.45) is 0 Å². The third-order valence-corrected chi connectivity index (χ3v) is 4.28. The van der Waals surface area contributed by atoms with Crippen molar-refractivity contribution in [2.45, 2.75) is 32.7 Å². The van der Waals surface area contributed by atoms with Gasteiger partial charge in [0.05, 0.1) is 12.5 Å². The Morgan fingerprint density at radius 3 is 2.65 bits per heavy atom. The highest BCUT2D eigenvalue weighted by Gasteiger charge is 2.27. The standard InChI is InChI=1S/C12H18N4O3S/c1-9(2)15-8-10(13-14-15)6-11-7-12(17)4-5-16(11)20(3,18)19/h6,8-9H,4-5,7H2,1-3H3. The van der Waals surface area contributed by atoms with Crippen LogP contribution >= 0.6 is 0 Å². The minimum atomic E-state index is -3.37. The van der Waals surface area contributed by atoms with Gasteiger partial charge in [0.2, 0.25) is 10.0 Å². The van der Waals surface area contributed by atoms with Gasteiger partial charge in [-0.3, -0.25) is 9.10 Å². The van der Waals surface area contributed by atoms with Crippen LogP contribution < -0.4 is 0 Å². The number of hydrogen-bond donors (Lipinski definition) is 0. The predicted molar refractivity (Wildman–Crippen MR) is 74.2 cm³/mol. The normalized spacial score (nSPS) is 19.1. The summed E-state index contributed by atoms with van der Waals surface area (Å²) in [5.41, 5.74) is 1.01. The molecule has 1 aromatic rings. The molecule has 0 aromatic carbocycles. The first-order valence-corrected chi connectivity index (χ1v) is 8.24. The Labute approximate surface area is 118 Å². The molecule has 1 aromatic heterocycles. The van der Waals surface area contributed by atoms with Crippen LogP contribution in [0.5, 0.6) is 0 Å². The highest BCUT2D eigenvalue weighted by atomic mass is 32.2. The highest BCUT2D eigenvalue weighted by molar-refractivity contribution is 7.88. The van der Waals surface area contributed by atoms with E-state index in [9.17, 15) is 13.2 Å². The van der Waals surface area contributed by atoms with Gasteiger partial charge < -0.3 is 0 Å². The molecule has 0 saturated carbocycles. The summed E-state index contributed by atoms with van der Waals surface area (Å²) in [6, 6.07) is 0.175. The SMILES string of the molecule is CC(C)n1cc(C=C2CC(=O)CCN2S(C)(=O)=O)nn1. The maximum atomic E-state index is 11.7. The second kappa shape index (κ2) is 5.35. The van der Waals surface area contributed by atoms with Gasteiger partial charge in [0.25, 0.3) is 0 Å². The third kappa shape index (κ3) is 3.24. The molecule has 0 spiro atoms. The van der Waals surface area contributed by atoms with Crippen LogP contribution in [0.4, 0.5) is 0 Å². The number of piperidine rings is 1. The first-order valence-electron chi connectivity index (χ1n) is 6.39. The van der Waals surface area contributed by atoms with Gasteiger partial charge in [-0.2, -0.15) is 0 Å². The van der Waals surface area contributed by atoms with Gasteiger partial charge in [-0.05, 0) is 19.9 Å². The molecule has 0 N–H and O–H groups in total. The van der Waals surface area contributed by atoms with Crippen molar-refractivity contribution in [1.29, 1.82) is 0 Å². The monoisotopic (exact) mass is 298 g/mol. The fourth-order valence-corrected chi connectivity index (χ4v) is 3.00. The van der Waals surface area contributed by atoms with E-state index in [0.29, 0.717) is 11.4 Å². The quantitative estimate of drug-likeness (QED) is 0.825. The van der Waals surface area contributed by atoms with Crippen molar-refractivity contribution >= 4 is 21.9 Å². The maximum absolute atomic E-state index is 11.7. The molecule has 1 aliphatic rings.